The highest BCUT2D eigenvalue weighted by atomic mass is 16.2. The highest BCUT2D eigenvalue weighted by molar-refractivity contribution is 5.80. The minimum Gasteiger partial charge on any atom is -0.368 e. The van der Waals surface area contributed by atoms with Gasteiger partial charge in [0, 0.05) is 25.1 Å². The van der Waals surface area contributed by atoms with Crippen LogP contribution >= 0.6 is 0 Å². The molecular weight excluding hydrogens is 232 g/mol. The van der Waals surface area contributed by atoms with Crippen molar-refractivity contribution in [3.8, 4) is 0 Å². The molecule has 7 heteroatoms. The average molecular weight is 250 g/mol. The number of carbonyl (C=O) groups excluding carboxylic acids is 1. The Balaban J connectivity index is 1.75. The lowest BCUT2D eigenvalue weighted by Gasteiger charge is -2.09. The molecule has 18 heavy (non-hydrogen) atoms. The number of hydrogen-bond acceptors (Lipinski definition) is 6. The molecule has 0 aromatic carbocycles. The van der Waals surface area contributed by atoms with E-state index in [1.165, 1.54) is 0 Å². The number of hydrogen-bond donors (Lipinski definition) is 4. The predicted octanol–water partition coefficient (Wildman–Crippen LogP) is 0.00872. The zero-order chi connectivity index (χ0) is 13.0. The zero-order valence-electron chi connectivity index (χ0n) is 10.4. The Bertz CT molecular complexity index is 432. The molecule has 0 atom stereocenters. The van der Waals surface area contributed by atoms with E-state index in [-0.39, 0.29) is 11.8 Å². The number of rotatable bonds is 6. The molecule has 1 fully saturated rings. The summed E-state index contributed by atoms with van der Waals surface area (Å²) in [4.78, 5) is 19.7. The highest BCUT2D eigenvalue weighted by Gasteiger charge is 2.28. The number of hydrazine groups is 1. The van der Waals surface area contributed by atoms with Crippen LogP contribution in [0.2, 0.25) is 0 Å². The van der Waals surface area contributed by atoms with Gasteiger partial charge in [-0.05, 0) is 19.8 Å². The highest BCUT2D eigenvalue weighted by Crippen LogP contribution is 2.28. The van der Waals surface area contributed by atoms with Gasteiger partial charge in [-0.2, -0.15) is 0 Å². The summed E-state index contributed by atoms with van der Waals surface area (Å²) in [5, 5.41) is 5.99. The van der Waals surface area contributed by atoms with Crippen LogP contribution in [0, 0.1) is 12.8 Å². The quantitative estimate of drug-likeness (QED) is 0.322. The third-order valence-corrected chi connectivity index (χ3v) is 2.66. The lowest BCUT2D eigenvalue weighted by atomic mass is 10.4. The largest absolute Gasteiger partial charge is 0.368 e. The van der Waals surface area contributed by atoms with Crippen LogP contribution in [0.15, 0.2) is 6.07 Å². The second-order valence-corrected chi connectivity index (χ2v) is 4.32. The van der Waals surface area contributed by atoms with Crippen molar-refractivity contribution in [3.05, 3.63) is 11.9 Å². The van der Waals surface area contributed by atoms with E-state index in [2.05, 4.69) is 26.0 Å². The molecule has 2 rings (SSSR count). The molecule has 0 saturated heterocycles. The molecule has 1 amide bonds. The summed E-state index contributed by atoms with van der Waals surface area (Å²) in [6, 6.07) is 1.72. The van der Waals surface area contributed by atoms with Crippen LogP contribution in [0.25, 0.3) is 0 Å². The van der Waals surface area contributed by atoms with E-state index in [1.54, 1.807) is 13.0 Å². The van der Waals surface area contributed by atoms with Gasteiger partial charge < -0.3 is 16.1 Å². The number of aryl methyl sites for hydroxylation is 1. The number of carbonyl (C=O) groups is 1. The third kappa shape index (κ3) is 3.56. The zero-order valence-corrected chi connectivity index (χ0v) is 10.4. The maximum absolute atomic E-state index is 11.4. The van der Waals surface area contributed by atoms with Crippen LogP contribution < -0.4 is 21.9 Å². The minimum absolute atomic E-state index is 0.153. The van der Waals surface area contributed by atoms with Gasteiger partial charge in [0.05, 0.1) is 0 Å². The molecule has 1 aromatic heterocycles. The molecule has 1 aliphatic rings. The number of nitrogens with two attached hydrogens (primary N) is 1. The van der Waals surface area contributed by atoms with Crippen molar-refractivity contribution in [1.82, 2.24) is 15.3 Å². The predicted molar refractivity (Wildman–Crippen MR) is 68.8 cm³/mol. The van der Waals surface area contributed by atoms with E-state index in [1.807, 2.05) is 0 Å². The Kier molecular flexibility index (Phi) is 3.93. The van der Waals surface area contributed by atoms with Crippen LogP contribution in [0.5, 0.6) is 0 Å². The summed E-state index contributed by atoms with van der Waals surface area (Å²) < 4.78 is 0. The van der Waals surface area contributed by atoms with Gasteiger partial charge in [-0.15, -0.1) is 0 Å². The van der Waals surface area contributed by atoms with Crippen molar-refractivity contribution in [2.24, 2.45) is 11.8 Å². The third-order valence-electron chi connectivity index (χ3n) is 2.66. The minimum atomic E-state index is 0.153. The number of nitrogens with one attached hydrogen (secondary N) is 3. The molecule has 7 nitrogen and oxygen atoms in total. The normalized spacial score (nSPS) is 14.1. The van der Waals surface area contributed by atoms with Crippen molar-refractivity contribution in [3.63, 3.8) is 0 Å². The first-order chi connectivity index (χ1) is 8.69. The molecule has 1 heterocycles. The fourth-order valence-corrected chi connectivity index (χ4v) is 1.60. The second kappa shape index (κ2) is 5.63. The molecule has 0 aliphatic heterocycles. The fourth-order valence-electron chi connectivity index (χ4n) is 1.60. The van der Waals surface area contributed by atoms with Gasteiger partial charge in [-0.25, -0.2) is 15.8 Å². The van der Waals surface area contributed by atoms with Crippen molar-refractivity contribution in [1.29, 1.82) is 0 Å². The maximum atomic E-state index is 11.4. The molecular formula is C11H18N6O. The molecule has 5 N–H and O–H groups in total. The molecule has 0 unspecified atom stereocenters. The number of aromatic nitrogens is 2. The fraction of sp³-hybridized carbons (Fsp3) is 0.545. The number of anilines is 2. The molecule has 0 spiro atoms. The number of nitrogen functional groups attached to an aromatic ring is 1. The van der Waals surface area contributed by atoms with Crippen molar-refractivity contribution >= 4 is 17.5 Å². The Hall–Kier alpha value is -1.89. The standard InChI is InChI=1S/C11H18N6O/c1-7-15-9(6-10(16-7)17-12)13-4-5-14-11(18)8-2-3-8/h6,8H,2-5,12H2,1H3,(H,14,18)(H2,13,15,16,17). The van der Waals surface area contributed by atoms with Gasteiger partial charge >= 0.3 is 0 Å². The van der Waals surface area contributed by atoms with E-state index in [4.69, 9.17) is 5.84 Å². The van der Waals surface area contributed by atoms with Gasteiger partial charge in [0.15, 0.2) is 0 Å². The Morgan fingerprint density at radius 3 is 2.78 bits per heavy atom. The first-order valence-electron chi connectivity index (χ1n) is 6.03. The lowest BCUT2D eigenvalue weighted by molar-refractivity contribution is -0.122. The summed E-state index contributed by atoms with van der Waals surface area (Å²) in [6.07, 6.45) is 2.05. The van der Waals surface area contributed by atoms with Gasteiger partial charge in [-0.1, -0.05) is 0 Å². The van der Waals surface area contributed by atoms with Gasteiger partial charge in [0.1, 0.15) is 17.5 Å². The van der Waals surface area contributed by atoms with E-state index < -0.39 is 0 Å². The van der Waals surface area contributed by atoms with Crippen molar-refractivity contribution in [2.75, 3.05) is 23.8 Å². The lowest BCUT2D eigenvalue weighted by Crippen LogP contribution is -2.30. The smallest absolute Gasteiger partial charge is 0.223 e. The summed E-state index contributed by atoms with van der Waals surface area (Å²) in [5.74, 6) is 7.59. The Morgan fingerprint density at radius 1 is 1.39 bits per heavy atom. The first kappa shape index (κ1) is 12.6. The van der Waals surface area contributed by atoms with E-state index in [9.17, 15) is 4.79 Å². The van der Waals surface area contributed by atoms with Gasteiger partial charge in [0.2, 0.25) is 5.91 Å². The molecule has 0 radical (unpaired) electrons. The molecule has 1 aliphatic carbocycles. The van der Waals surface area contributed by atoms with E-state index in [0.717, 1.165) is 12.8 Å². The van der Waals surface area contributed by atoms with Crippen molar-refractivity contribution in [2.45, 2.75) is 19.8 Å². The van der Waals surface area contributed by atoms with Crippen LogP contribution in [0.1, 0.15) is 18.7 Å². The van der Waals surface area contributed by atoms with Crippen LogP contribution in [-0.4, -0.2) is 29.0 Å². The summed E-state index contributed by atoms with van der Waals surface area (Å²) in [7, 11) is 0. The Morgan fingerprint density at radius 2 is 2.11 bits per heavy atom. The summed E-state index contributed by atoms with van der Waals surface area (Å²) in [6.45, 7) is 3.00. The average Bonchev–Trinajstić information content (AvgIpc) is 3.17. The second-order valence-electron chi connectivity index (χ2n) is 4.32. The van der Waals surface area contributed by atoms with Crippen LogP contribution in [0.4, 0.5) is 11.6 Å². The number of nitrogens with zero attached hydrogens (tertiary/aromatic N) is 2. The summed E-state index contributed by atoms with van der Waals surface area (Å²) in [5.41, 5.74) is 2.48. The van der Waals surface area contributed by atoms with Crippen LogP contribution in [-0.2, 0) is 4.79 Å². The summed E-state index contributed by atoms with van der Waals surface area (Å²) >= 11 is 0. The molecule has 1 aromatic rings. The van der Waals surface area contributed by atoms with Gasteiger partial charge in [-0.3, -0.25) is 4.79 Å². The SMILES string of the molecule is Cc1nc(NN)cc(NCCNC(=O)C2CC2)n1. The van der Waals surface area contributed by atoms with Gasteiger partial charge in [0.25, 0.3) is 0 Å². The molecule has 0 bridgehead atoms. The van der Waals surface area contributed by atoms with Crippen LogP contribution in [0.3, 0.4) is 0 Å². The monoisotopic (exact) mass is 250 g/mol. The number of amides is 1. The first-order valence-corrected chi connectivity index (χ1v) is 6.03. The topological polar surface area (TPSA) is 105 Å². The van der Waals surface area contributed by atoms with Crippen molar-refractivity contribution < 1.29 is 4.79 Å². The maximum Gasteiger partial charge on any atom is 0.223 e. The van der Waals surface area contributed by atoms with E-state index >= 15 is 0 Å². The molecule has 98 valence electrons. The van der Waals surface area contributed by atoms with E-state index in [0.29, 0.717) is 30.5 Å². The Labute approximate surface area is 106 Å². The molecule has 1 saturated carbocycles.